The molecule has 0 amide bonds. The number of halogens is 1. The molecule has 0 radical (unpaired) electrons. The molecular weight excluding hydrogens is 276 g/mol. The number of anilines is 1. The molecule has 0 bridgehead atoms. The second-order valence-corrected chi connectivity index (χ2v) is 5.36. The van der Waals surface area contributed by atoms with Crippen molar-refractivity contribution in [3.8, 4) is 5.75 Å². The lowest BCUT2D eigenvalue weighted by molar-refractivity contribution is 0.415. The van der Waals surface area contributed by atoms with Gasteiger partial charge in [0.1, 0.15) is 17.9 Å². The van der Waals surface area contributed by atoms with Crippen molar-refractivity contribution in [3.63, 3.8) is 0 Å². The van der Waals surface area contributed by atoms with Gasteiger partial charge in [0.15, 0.2) is 0 Å². The zero-order valence-corrected chi connectivity index (χ0v) is 12.7. The molecule has 0 aliphatic carbocycles. The van der Waals surface area contributed by atoms with Crippen LogP contribution in [0.15, 0.2) is 24.5 Å². The Hall–Kier alpha value is -1.75. The first kappa shape index (κ1) is 14.7. The van der Waals surface area contributed by atoms with Crippen LogP contribution >= 0.6 is 11.6 Å². The van der Waals surface area contributed by atoms with Gasteiger partial charge in [0, 0.05) is 12.6 Å². The quantitative estimate of drug-likeness (QED) is 0.889. The number of hydrogen-bond acceptors (Lipinski definition) is 4. The number of nitrogens with one attached hydrogen (secondary N) is 1. The van der Waals surface area contributed by atoms with Crippen LogP contribution in [0.25, 0.3) is 0 Å². The molecule has 20 heavy (non-hydrogen) atoms. The first-order valence-corrected chi connectivity index (χ1v) is 6.92. The number of aromatic nitrogens is 3. The van der Waals surface area contributed by atoms with E-state index < -0.39 is 0 Å². The van der Waals surface area contributed by atoms with Gasteiger partial charge < -0.3 is 10.1 Å². The number of rotatable bonds is 6. The summed E-state index contributed by atoms with van der Waals surface area (Å²) in [5, 5.41) is 8.15. The summed E-state index contributed by atoms with van der Waals surface area (Å²) in [6.45, 7) is 5.72. The predicted octanol–water partition coefficient (Wildman–Crippen LogP) is 3.21. The fourth-order valence-electron chi connectivity index (χ4n) is 1.86. The van der Waals surface area contributed by atoms with E-state index in [1.165, 1.54) is 0 Å². The largest absolute Gasteiger partial charge is 0.497 e. The van der Waals surface area contributed by atoms with E-state index in [-0.39, 0.29) is 0 Å². The van der Waals surface area contributed by atoms with Gasteiger partial charge in [-0.05, 0) is 18.1 Å². The average Bonchev–Trinajstić information content (AvgIpc) is 2.84. The topological polar surface area (TPSA) is 52.0 Å². The number of benzene rings is 1. The van der Waals surface area contributed by atoms with Crippen molar-refractivity contribution in [2.45, 2.75) is 26.9 Å². The van der Waals surface area contributed by atoms with E-state index in [4.69, 9.17) is 16.3 Å². The summed E-state index contributed by atoms with van der Waals surface area (Å²) < 4.78 is 7.10. The van der Waals surface area contributed by atoms with Crippen molar-refractivity contribution < 1.29 is 4.74 Å². The molecule has 0 saturated carbocycles. The molecule has 1 aromatic heterocycles. The van der Waals surface area contributed by atoms with Crippen molar-refractivity contribution in [2.24, 2.45) is 5.92 Å². The van der Waals surface area contributed by atoms with Crippen molar-refractivity contribution in [1.82, 2.24) is 14.8 Å². The summed E-state index contributed by atoms with van der Waals surface area (Å²) in [6.07, 6.45) is 1.58. The zero-order valence-electron chi connectivity index (χ0n) is 11.9. The number of methoxy groups -OCH3 is 1. The molecule has 6 heteroatoms. The highest BCUT2D eigenvalue weighted by molar-refractivity contribution is 6.33. The lowest BCUT2D eigenvalue weighted by Gasteiger charge is -2.12. The third-order valence-electron chi connectivity index (χ3n) is 2.84. The molecule has 108 valence electrons. The van der Waals surface area contributed by atoms with Gasteiger partial charge in [0.25, 0.3) is 0 Å². The molecule has 1 aromatic carbocycles. The van der Waals surface area contributed by atoms with E-state index in [0.29, 0.717) is 17.5 Å². The van der Waals surface area contributed by atoms with Crippen LogP contribution in [-0.4, -0.2) is 21.9 Å². The minimum absolute atomic E-state index is 0.524. The average molecular weight is 295 g/mol. The maximum Gasteiger partial charge on any atom is 0.146 e. The smallest absolute Gasteiger partial charge is 0.146 e. The summed E-state index contributed by atoms with van der Waals surface area (Å²) >= 11 is 6.16. The highest BCUT2D eigenvalue weighted by atomic mass is 35.5. The molecular formula is C14H19ClN4O. The van der Waals surface area contributed by atoms with E-state index in [0.717, 1.165) is 23.8 Å². The zero-order chi connectivity index (χ0) is 14.5. The van der Waals surface area contributed by atoms with Crippen LogP contribution in [0.5, 0.6) is 5.75 Å². The Bertz CT molecular complexity index is 568. The van der Waals surface area contributed by atoms with Crippen LogP contribution in [0.4, 0.5) is 5.69 Å². The molecule has 2 aromatic rings. The molecule has 5 nitrogen and oxygen atoms in total. The van der Waals surface area contributed by atoms with Gasteiger partial charge >= 0.3 is 0 Å². The van der Waals surface area contributed by atoms with Gasteiger partial charge in [-0.15, -0.1) is 0 Å². The van der Waals surface area contributed by atoms with Crippen molar-refractivity contribution >= 4 is 17.3 Å². The second-order valence-electron chi connectivity index (χ2n) is 4.95. The van der Waals surface area contributed by atoms with E-state index in [9.17, 15) is 0 Å². The van der Waals surface area contributed by atoms with E-state index in [1.54, 1.807) is 13.4 Å². The Morgan fingerprint density at radius 2 is 2.20 bits per heavy atom. The Kier molecular flexibility index (Phi) is 4.84. The molecule has 0 unspecified atom stereocenters. The Labute approximate surface area is 123 Å². The molecule has 2 rings (SSSR count). The van der Waals surface area contributed by atoms with E-state index in [1.807, 2.05) is 22.9 Å². The van der Waals surface area contributed by atoms with Gasteiger partial charge in [-0.1, -0.05) is 25.4 Å². The standard InChI is InChI=1S/C14H19ClN4O/c1-10(2)8-19-14(17-9-18-19)7-16-13-6-11(20-3)4-5-12(13)15/h4-6,9-10,16H,7-8H2,1-3H3. The normalized spacial score (nSPS) is 10.8. The van der Waals surface area contributed by atoms with E-state index in [2.05, 4.69) is 29.2 Å². The van der Waals surface area contributed by atoms with Crippen molar-refractivity contribution in [1.29, 1.82) is 0 Å². The van der Waals surface area contributed by atoms with E-state index >= 15 is 0 Å². The fourth-order valence-corrected chi connectivity index (χ4v) is 2.05. The van der Waals surface area contributed by atoms with Crippen LogP contribution in [0, 0.1) is 5.92 Å². The Balaban J connectivity index is 2.07. The summed E-state index contributed by atoms with van der Waals surface area (Å²) in [5.74, 6) is 2.17. The van der Waals surface area contributed by atoms with Gasteiger partial charge in [0.05, 0.1) is 24.4 Å². The van der Waals surface area contributed by atoms with Crippen LogP contribution in [-0.2, 0) is 13.1 Å². The highest BCUT2D eigenvalue weighted by Crippen LogP contribution is 2.26. The summed E-state index contributed by atoms with van der Waals surface area (Å²) in [6, 6.07) is 5.50. The molecule has 1 heterocycles. The minimum Gasteiger partial charge on any atom is -0.497 e. The van der Waals surface area contributed by atoms with Crippen LogP contribution < -0.4 is 10.1 Å². The van der Waals surface area contributed by atoms with Gasteiger partial charge in [-0.2, -0.15) is 5.10 Å². The summed E-state index contributed by atoms with van der Waals surface area (Å²) in [4.78, 5) is 4.27. The highest BCUT2D eigenvalue weighted by Gasteiger charge is 2.08. The maximum absolute atomic E-state index is 6.16. The molecule has 0 aliphatic heterocycles. The third-order valence-corrected chi connectivity index (χ3v) is 3.17. The summed E-state index contributed by atoms with van der Waals surface area (Å²) in [7, 11) is 1.63. The van der Waals surface area contributed by atoms with Gasteiger partial charge in [0.2, 0.25) is 0 Å². The first-order chi connectivity index (χ1) is 9.60. The number of nitrogens with zero attached hydrogens (tertiary/aromatic N) is 3. The third kappa shape index (κ3) is 3.63. The lowest BCUT2D eigenvalue weighted by Crippen LogP contribution is -2.13. The first-order valence-electron chi connectivity index (χ1n) is 6.54. The monoisotopic (exact) mass is 294 g/mol. The summed E-state index contributed by atoms with van der Waals surface area (Å²) in [5.41, 5.74) is 0.824. The maximum atomic E-state index is 6.16. The number of hydrogen-bond donors (Lipinski definition) is 1. The predicted molar refractivity (Wildman–Crippen MR) is 80.2 cm³/mol. The van der Waals surface area contributed by atoms with Crippen LogP contribution in [0.2, 0.25) is 5.02 Å². The molecule has 0 atom stereocenters. The van der Waals surface area contributed by atoms with Crippen LogP contribution in [0.1, 0.15) is 19.7 Å². The van der Waals surface area contributed by atoms with Crippen molar-refractivity contribution in [2.75, 3.05) is 12.4 Å². The van der Waals surface area contributed by atoms with Crippen molar-refractivity contribution in [3.05, 3.63) is 35.4 Å². The molecule has 0 spiro atoms. The molecule has 1 N–H and O–H groups in total. The molecule has 0 aliphatic rings. The fraction of sp³-hybridized carbons (Fsp3) is 0.429. The van der Waals surface area contributed by atoms with Gasteiger partial charge in [-0.3, -0.25) is 0 Å². The Morgan fingerprint density at radius 3 is 2.90 bits per heavy atom. The Morgan fingerprint density at radius 1 is 1.40 bits per heavy atom. The molecule has 0 saturated heterocycles. The lowest BCUT2D eigenvalue weighted by atomic mass is 10.2. The second kappa shape index (κ2) is 6.61. The SMILES string of the molecule is COc1ccc(Cl)c(NCc2ncnn2CC(C)C)c1. The minimum atomic E-state index is 0.524. The molecule has 0 fully saturated rings. The van der Waals surface area contributed by atoms with Crippen LogP contribution in [0.3, 0.4) is 0 Å². The van der Waals surface area contributed by atoms with Gasteiger partial charge in [-0.25, -0.2) is 9.67 Å². The number of ether oxygens (including phenoxy) is 1.